The van der Waals surface area contributed by atoms with Crippen LogP contribution in [0.25, 0.3) is 21.0 Å². The Labute approximate surface area is 152 Å². The first-order valence-corrected chi connectivity index (χ1v) is 8.59. The molecule has 0 fully saturated rings. The number of phenolic OH excluding ortho intramolecular Hbond substituents is 1. The molecule has 4 rings (SSSR count). The summed E-state index contributed by atoms with van der Waals surface area (Å²) < 4.78 is 6.80. The molecule has 0 saturated carbocycles. The van der Waals surface area contributed by atoms with E-state index in [-0.39, 0.29) is 5.75 Å². The lowest BCUT2D eigenvalue weighted by Crippen LogP contribution is -2.17. The fourth-order valence-corrected chi connectivity index (χ4v) is 3.31. The first-order valence-electron chi connectivity index (χ1n) is 7.77. The maximum absolute atomic E-state index is 11.9. The zero-order valence-electron chi connectivity index (χ0n) is 13.4. The minimum Gasteiger partial charge on any atom is -0.508 e. The first-order chi connectivity index (χ1) is 12.7. The van der Waals surface area contributed by atoms with Crippen molar-refractivity contribution in [2.45, 2.75) is 0 Å². The molecule has 2 aromatic heterocycles. The lowest BCUT2D eigenvalue weighted by Gasteiger charge is -1.99. The van der Waals surface area contributed by atoms with E-state index in [1.165, 1.54) is 18.3 Å². The second kappa shape index (κ2) is 6.81. The molecule has 0 unspecified atom stereocenters. The van der Waals surface area contributed by atoms with E-state index >= 15 is 0 Å². The van der Waals surface area contributed by atoms with Gasteiger partial charge in [-0.2, -0.15) is 5.10 Å². The van der Waals surface area contributed by atoms with Crippen LogP contribution in [0.15, 0.2) is 70.2 Å². The summed E-state index contributed by atoms with van der Waals surface area (Å²) in [6, 6.07) is 17.5. The van der Waals surface area contributed by atoms with E-state index < -0.39 is 5.91 Å². The molecule has 0 atom stereocenters. The van der Waals surface area contributed by atoms with Gasteiger partial charge in [0.2, 0.25) is 0 Å². The number of rotatable bonds is 4. The molecule has 6 nitrogen and oxygen atoms in total. The highest BCUT2D eigenvalue weighted by Crippen LogP contribution is 2.30. The van der Waals surface area contributed by atoms with Gasteiger partial charge in [-0.15, -0.1) is 11.3 Å². The lowest BCUT2D eigenvalue weighted by molar-refractivity contribution is 0.0954. The van der Waals surface area contributed by atoms with Crippen molar-refractivity contribution in [2.24, 2.45) is 5.10 Å². The maximum Gasteiger partial charge on any atom is 0.271 e. The Bertz CT molecular complexity index is 1080. The molecule has 2 N–H and O–H groups in total. The summed E-state index contributed by atoms with van der Waals surface area (Å²) in [4.78, 5) is 16.5. The number of hydrazone groups is 1. The molecule has 1 amide bonds. The van der Waals surface area contributed by atoms with Gasteiger partial charge < -0.3 is 9.52 Å². The summed E-state index contributed by atoms with van der Waals surface area (Å²) in [6.45, 7) is 0. The van der Waals surface area contributed by atoms with Crippen molar-refractivity contribution in [1.29, 1.82) is 0 Å². The normalized spacial score (nSPS) is 11.2. The Morgan fingerprint density at radius 3 is 2.88 bits per heavy atom. The molecule has 0 bridgehead atoms. The largest absolute Gasteiger partial charge is 0.508 e. The number of hydrogen-bond acceptors (Lipinski definition) is 6. The minimum absolute atomic E-state index is 0.0214. The van der Waals surface area contributed by atoms with E-state index in [0.29, 0.717) is 17.1 Å². The standard InChI is InChI=1S/C19H13N3O3S/c23-13-5-3-4-12(10-13)18(24)22-20-11-14-8-9-16(25-14)19-21-15-6-1-2-7-17(15)26-19/h1-11,23H,(H,22,24)/b20-11-. The molecule has 0 aliphatic heterocycles. The SMILES string of the molecule is O=C(N/N=C\c1ccc(-c2nc3ccccc3s2)o1)c1cccc(O)c1. The molecule has 0 spiro atoms. The Morgan fingerprint density at radius 1 is 1.15 bits per heavy atom. The molecule has 128 valence electrons. The van der Waals surface area contributed by atoms with Crippen molar-refractivity contribution >= 4 is 33.7 Å². The van der Waals surface area contributed by atoms with Gasteiger partial charge in [-0.1, -0.05) is 18.2 Å². The molecular formula is C19H13N3O3S. The van der Waals surface area contributed by atoms with Crippen LogP contribution in [0.4, 0.5) is 0 Å². The average molecular weight is 363 g/mol. The van der Waals surface area contributed by atoms with Crippen LogP contribution >= 0.6 is 11.3 Å². The molecule has 2 aromatic carbocycles. The second-order valence-electron chi connectivity index (χ2n) is 5.44. The van der Waals surface area contributed by atoms with Gasteiger partial charge in [-0.25, -0.2) is 10.4 Å². The number of aromatic hydroxyl groups is 1. The summed E-state index contributed by atoms with van der Waals surface area (Å²) in [5.74, 6) is 0.741. The third-order valence-corrected chi connectivity index (χ3v) is 4.65. The van der Waals surface area contributed by atoms with E-state index in [9.17, 15) is 9.90 Å². The van der Waals surface area contributed by atoms with E-state index in [1.807, 2.05) is 30.3 Å². The van der Waals surface area contributed by atoms with Crippen molar-refractivity contribution in [1.82, 2.24) is 10.4 Å². The minimum atomic E-state index is -0.421. The highest BCUT2D eigenvalue weighted by Gasteiger charge is 2.10. The smallest absolute Gasteiger partial charge is 0.271 e. The van der Waals surface area contributed by atoms with Crippen molar-refractivity contribution in [3.8, 4) is 16.5 Å². The summed E-state index contributed by atoms with van der Waals surface area (Å²) in [5, 5.41) is 14.1. The summed E-state index contributed by atoms with van der Waals surface area (Å²) in [7, 11) is 0. The monoisotopic (exact) mass is 363 g/mol. The molecule has 2 heterocycles. The highest BCUT2D eigenvalue weighted by atomic mass is 32.1. The summed E-state index contributed by atoms with van der Waals surface area (Å²) in [5.41, 5.74) is 3.64. The Hall–Kier alpha value is -3.45. The van der Waals surface area contributed by atoms with Gasteiger partial charge in [0.15, 0.2) is 10.8 Å². The van der Waals surface area contributed by atoms with Crippen LogP contribution in [0, 0.1) is 0 Å². The summed E-state index contributed by atoms with van der Waals surface area (Å²) >= 11 is 1.55. The Balaban J connectivity index is 1.46. The third-order valence-electron chi connectivity index (χ3n) is 3.60. The molecule has 0 aliphatic rings. The lowest BCUT2D eigenvalue weighted by atomic mass is 10.2. The van der Waals surface area contributed by atoms with E-state index in [1.54, 1.807) is 29.5 Å². The molecule has 7 heteroatoms. The Kier molecular flexibility index (Phi) is 4.20. The van der Waals surface area contributed by atoms with Crippen LogP contribution in [0.2, 0.25) is 0 Å². The number of carbonyl (C=O) groups is 1. The van der Waals surface area contributed by atoms with Gasteiger partial charge in [0.05, 0.1) is 16.4 Å². The predicted octanol–water partition coefficient (Wildman–Crippen LogP) is 4.03. The van der Waals surface area contributed by atoms with Crippen molar-refractivity contribution < 1.29 is 14.3 Å². The molecular weight excluding hydrogens is 350 g/mol. The molecule has 0 radical (unpaired) electrons. The van der Waals surface area contributed by atoms with Crippen LogP contribution in [-0.4, -0.2) is 22.2 Å². The second-order valence-corrected chi connectivity index (χ2v) is 6.47. The van der Waals surface area contributed by atoms with E-state index in [4.69, 9.17) is 4.42 Å². The van der Waals surface area contributed by atoms with Gasteiger partial charge in [0.1, 0.15) is 11.5 Å². The third kappa shape index (κ3) is 3.33. The number of carbonyl (C=O) groups excluding carboxylic acids is 1. The molecule has 0 aliphatic carbocycles. The number of phenols is 1. The fourth-order valence-electron chi connectivity index (χ4n) is 2.38. The van der Waals surface area contributed by atoms with Gasteiger partial charge >= 0.3 is 0 Å². The number of aromatic nitrogens is 1. The number of para-hydroxylation sites is 1. The highest BCUT2D eigenvalue weighted by molar-refractivity contribution is 7.21. The van der Waals surface area contributed by atoms with Crippen LogP contribution in [0.5, 0.6) is 5.75 Å². The predicted molar refractivity (Wildman–Crippen MR) is 100 cm³/mol. The molecule has 4 aromatic rings. The van der Waals surface area contributed by atoms with Crippen molar-refractivity contribution in [3.63, 3.8) is 0 Å². The van der Waals surface area contributed by atoms with Crippen molar-refractivity contribution in [3.05, 3.63) is 72.0 Å². The number of amides is 1. The summed E-state index contributed by atoms with van der Waals surface area (Å²) in [6.07, 6.45) is 1.41. The van der Waals surface area contributed by atoms with Crippen LogP contribution < -0.4 is 5.43 Å². The maximum atomic E-state index is 11.9. The van der Waals surface area contributed by atoms with Gasteiger partial charge in [0.25, 0.3) is 5.91 Å². The quantitative estimate of drug-likeness (QED) is 0.423. The number of nitrogens with one attached hydrogen (secondary N) is 1. The zero-order valence-corrected chi connectivity index (χ0v) is 14.2. The average Bonchev–Trinajstić information content (AvgIpc) is 3.28. The van der Waals surface area contributed by atoms with Crippen LogP contribution in [0.1, 0.15) is 16.1 Å². The van der Waals surface area contributed by atoms with Crippen LogP contribution in [0.3, 0.4) is 0 Å². The number of thiazole rings is 1. The van der Waals surface area contributed by atoms with Crippen LogP contribution in [-0.2, 0) is 0 Å². The zero-order chi connectivity index (χ0) is 17.9. The molecule has 0 saturated heterocycles. The number of fused-ring (bicyclic) bond motifs is 1. The topological polar surface area (TPSA) is 87.7 Å². The van der Waals surface area contributed by atoms with E-state index in [0.717, 1.165) is 15.2 Å². The van der Waals surface area contributed by atoms with Gasteiger partial charge in [0, 0.05) is 5.56 Å². The number of furan rings is 1. The number of benzene rings is 2. The molecule has 26 heavy (non-hydrogen) atoms. The number of nitrogens with zero attached hydrogens (tertiary/aromatic N) is 2. The number of hydrogen-bond donors (Lipinski definition) is 2. The fraction of sp³-hybridized carbons (Fsp3) is 0. The van der Waals surface area contributed by atoms with Gasteiger partial charge in [-0.3, -0.25) is 4.79 Å². The first kappa shape index (κ1) is 16.0. The van der Waals surface area contributed by atoms with E-state index in [2.05, 4.69) is 15.5 Å². The Morgan fingerprint density at radius 2 is 2.04 bits per heavy atom. The van der Waals surface area contributed by atoms with Gasteiger partial charge in [-0.05, 0) is 42.5 Å². The van der Waals surface area contributed by atoms with Crippen molar-refractivity contribution in [2.75, 3.05) is 0 Å².